The van der Waals surface area contributed by atoms with Crippen LogP contribution in [-0.2, 0) is 16.1 Å². The van der Waals surface area contributed by atoms with Crippen LogP contribution >= 0.6 is 27.3 Å². The fraction of sp³-hybridized carbons (Fsp3) is 0.375. The number of hydrogen-bond donors (Lipinski definition) is 1. The molecule has 0 radical (unpaired) electrons. The van der Waals surface area contributed by atoms with Gasteiger partial charge in [-0.25, -0.2) is 4.79 Å². The summed E-state index contributed by atoms with van der Waals surface area (Å²) in [5.41, 5.74) is 0. The lowest BCUT2D eigenvalue weighted by Gasteiger charge is -2.05. The van der Waals surface area contributed by atoms with Crippen molar-refractivity contribution < 1.29 is 14.6 Å². The van der Waals surface area contributed by atoms with Gasteiger partial charge in [0.2, 0.25) is 0 Å². The molecule has 1 atom stereocenters. The molecule has 13 heavy (non-hydrogen) atoms. The first-order valence-electron chi connectivity index (χ1n) is 3.68. The second kappa shape index (κ2) is 4.74. The monoisotopic (exact) mass is 264 g/mol. The minimum Gasteiger partial charge on any atom is -0.479 e. The third-order valence-corrected chi connectivity index (χ3v) is 3.05. The van der Waals surface area contributed by atoms with Gasteiger partial charge < -0.3 is 9.84 Å². The topological polar surface area (TPSA) is 46.5 Å². The van der Waals surface area contributed by atoms with Crippen LogP contribution in [0.25, 0.3) is 0 Å². The molecule has 1 rings (SSSR count). The summed E-state index contributed by atoms with van der Waals surface area (Å²) < 4.78 is 6.12. The van der Waals surface area contributed by atoms with Gasteiger partial charge in [0, 0.05) is 4.88 Å². The predicted molar refractivity (Wildman–Crippen MR) is 53.9 cm³/mol. The van der Waals surface area contributed by atoms with Gasteiger partial charge in [-0.15, -0.1) is 11.3 Å². The highest BCUT2D eigenvalue weighted by molar-refractivity contribution is 9.11. The van der Waals surface area contributed by atoms with Crippen molar-refractivity contribution in [2.45, 2.75) is 19.6 Å². The average Bonchev–Trinajstić information content (AvgIpc) is 2.47. The highest BCUT2D eigenvalue weighted by atomic mass is 79.9. The van der Waals surface area contributed by atoms with Crippen molar-refractivity contribution in [2.75, 3.05) is 0 Å². The van der Waals surface area contributed by atoms with Gasteiger partial charge in [0.1, 0.15) is 0 Å². The fourth-order valence-electron chi connectivity index (χ4n) is 0.708. The Bertz CT molecular complexity index is 297. The van der Waals surface area contributed by atoms with E-state index in [0.717, 1.165) is 8.66 Å². The number of halogens is 1. The summed E-state index contributed by atoms with van der Waals surface area (Å²) in [4.78, 5) is 11.4. The van der Waals surface area contributed by atoms with Crippen LogP contribution in [0, 0.1) is 0 Å². The first kappa shape index (κ1) is 10.7. The Morgan fingerprint density at radius 3 is 2.92 bits per heavy atom. The highest BCUT2D eigenvalue weighted by Gasteiger charge is 2.11. The highest BCUT2D eigenvalue weighted by Crippen LogP contribution is 2.22. The number of thiophene rings is 1. The molecule has 0 aliphatic rings. The van der Waals surface area contributed by atoms with E-state index >= 15 is 0 Å². The number of rotatable bonds is 4. The zero-order chi connectivity index (χ0) is 9.84. The maximum Gasteiger partial charge on any atom is 0.332 e. The summed E-state index contributed by atoms with van der Waals surface area (Å²) in [5, 5.41) is 8.53. The predicted octanol–water partition coefficient (Wildman–Crippen LogP) is 2.50. The number of carboxylic acids is 1. The van der Waals surface area contributed by atoms with Gasteiger partial charge in [0.15, 0.2) is 6.10 Å². The molecule has 0 amide bonds. The molecule has 5 heteroatoms. The molecule has 0 bridgehead atoms. The molecule has 0 saturated carbocycles. The molecule has 3 nitrogen and oxygen atoms in total. The number of carbonyl (C=O) groups is 1. The number of aliphatic carboxylic acids is 1. The maximum atomic E-state index is 10.4. The summed E-state index contributed by atoms with van der Waals surface area (Å²) >= 11 is 4.85. The molecule has 0 fully saturated rings. The first-order chi connectivity index (χ1) is 6.09. The minimum absolute atomic E-state index is 0.351. The molecule has 72 valence electrons. The lowest BCUT2D eigenvalue weighted by Crippen LogP contribution is -2.19. The summed E-state index contributed by atoms with van der Waals surface area (Å²) in [6, 6.07) is 3.82. The fourth-order valence-corrected chi connectivity index (χ4v) is 2.11. The Labute approximate surface area is 88.5 Å². The third-order valence-electron chi connectivity index (χ3n) is 1.45. The molecule has 1 aromatic heterocycles. The number of carboxylic acid groups (broad SMARTS) is 1. The van der Waals surface area contributed by atoms with Crippen LogP contribution < -0.4 is 0 Å². The second-order valence-electron chi connectivity index (χ2n) is 2.50. The summed E-state index contributed by atoms with van der Waals surface area (Å²) in [6.45, 7) is 1.87. The Morgan fingerprint density at radius 1 is 1.77 bits per heavy atom. The van der Waals surface area contributed by atoms with Gasteiger partial charge in [0.25, 0.3) is 0 Å². The lowest BCUT2D eigenvalue weighted by molar-refractivity contribution is -0.149. The molecular weight excluding hydrogens is 256 g/mol. The Morgan fingerprint density at radius 2 is 2.46 bits per heavy atom. The van der Waals surface area contributed by atoms with Crippen molar-refractivity contribution in [3.05, 3.63) is 20.8 Å². The standard InChI is InChI=1S/C8H9BrO3S/c1-5(8(10)11)12-4-6-2-3-7(9)13-6/h2-3,5H,4H2,1H3,(H,10,11). The van der Waals surface area contributed by atoms with Gasteiger partial charge in [-0.05, 0) is 35.0 Å². The van der Waals surface area contributed by atoms with Gasteiger partial charge >= 0.3 is 5.97 Å². The van der Waals surface area contributed by atoms with E-state index in [1.807, 2.05) is 12.1 Å². The number of hydrogen-bond acceptors (Lipinski definition) is 3. The van der Waals surface area contributed by atoms with E-state index in [1.54, 1.807) is 11.3 Å². The molecule has 0 aromatic carbocycles. The summed E-state index contributed by atoms with van der Waals surface area (Å²) in [5.74, 6) is -0.935. The normalized spacial score (nSPS) is 12.8. The van der Waals surface area contributed by atoms with E-state index in [9.17, 15) is 4.79 Å². The maximum absolute atomic E-state index is 10.4. The molecule has 1 N–H and O–H groups in total. The van der Waals surface area contributed by atoms with Crippen molar-refractivity contribution in [3.8, 4) is 0 Å². The molecule has 0 saturated heterocycles. The van der Waals surface area contributed by atoms with Crippen LogP contribution in [0.15, 0.2) is 15.9 Å². The van der Waals surface area contributed by atoms with Crippen LogP contribution in [0.5, 0.6) is 0 Å². The Kier molecular flexibility index (Phi) is 3.90. The zero-order valence-corrected chi connectivity index (χ0v) is 9.39. The second-order valence-corrected chi connectivity index (χ2v) is 5.04. The Hall–Kier alpha value is -0.390. The Balaban J connectivity index is 2.39. The van der Waals surface area contributed by atoms with Gasteiger partial charge in [-0.1, -0.05) is 0 Å². The van der Waals surface area contributed by atoms with Crippen LogP contribution in [0.3, 0.4) is 0 Å². The van der Waals surface area contributed by atoms with E-state index < -0.39 is 12.1 Å². The quantitative estimate of drug-likeness (QED) is 0.909. The van der Waals surface area contributed by atoms with E-state index in [2.05, 4.69) is 15.9 Å². The third kappa shape index (κ3) is 3.46. The lowest BCUT2D eigenvalue weighted by atomic mass is 10.4. The van der Waals surface area contributed by atoms with Gasteiger partial charge in [-0.2, -0.15) is 0 Å². The molecule has 1 unspecified atom stereocenters. The van der Waals surface area contributed by atoms with Crippen molar-refractivity contribution in [1.29, 1.82) is 0 Å². The van der Waals surface area contributed by atoms with E-state index in [4.69, 9.17) is 9.84 Å². The molecule has 0 aliphatic carbocycles. The van der Waals surface area contributed by atoms with Crippen LogP contribution in [0.1, 0.15) is 11.8 Å². The van der Waals surface area contributed by atoms with E-state index in [0.29, 0.717) is 6.61 Å². The van der Waals surface area contributed by atoms with E-state index in [-0.39, 0.29) is 0 Å². The van der Waals surface area contributed by atoms with Crippen molar-refractivity contribution in [1.82, 2.24) is 0 Å². The van der Waals surface area contributed by atoms with Crippen LogP contribution in [0.4, 0.5) is 0 Å². The van der Waals surface area contributed by atoms with Crippen molar-refractivity contribution >= 4 is 33.2 Å². The minimum atomic E-state index is -0.935. The van der Waals surface area contributed by atoms with Gasteiger partial charge in [0.05, 0.1) is 10.4 Å². The SMILES string of the molecule is CC(OCc1ccc(Br)s1)C(=O)O. The van der Waals surface area contributed by atoms with Crippen LogP contribution in [0.2, 0.25) is 0 Å². The summed E-state index contributed by atoms with van der Waals surface area (Å²) in [6.07, 6.45) is -0.749. The summed E-state index contributed by atoms with van der Waals surface area (Å²) in [7, 11) is 0. The zero-order valence-electron chi connectivity index (χ0n) is 6.99. The van der Waals surface area contributed by atoms with Crippen molar-refractivity contribution in [2.24, 2.45) is 0 Å². The molecule has 1 heterocycles. The molecular formula is C8H9BrO3S. The molecule has 1 aromatic rings. The largest absolute Gasteiger partial charge is 0.479 e. The molecule has 0 aliphatic heterocycles. The van der Waals surface area contributed by atoms with E-state index in [1.165, 1.54) is 6.92 Å². The van der Waals surface area contributed by atoms with Gasteiger partial charge in [-0.3, -0.25) is 0 Å². The molecule has 0 spiro atoms. The number of ether oxygens (including phenoxy) is 1. The van der Waals surface area contributed by atoms with Crippen molar-refractivity contribution in [3.63, 3.8) is 0 Å². The first-order valence-corrected chi connectivity index (χ1v) is 5.29. The van der Waals surface area contributed by atoms with Crippen LogP contribution in [-0.4, -0.2) is 17.2 Å². The average molecular weight is 265 g/mol. The smallest absolute Gasteiger partial charge is 0.332 e.